The largest absolute Gasteiger partial charge is 0.394 e. The van der Waals surface area contributed by atoms with Crippen LogP contribution in [0.2, 0.25) is 0 Å². The Hall–Kier alpha value is -1.13. The van der Waals surface area contributed by atoms with E-state index in [9.17, 15) is 9.50 Å². The lowest BCUT2D eigenvalue weighted by Gasteiger charge is -2.30. The van der Waals surface area contributed by atoms with Gasteiger partial charge < -0.3 is 15.3 Å². The van der Waals surface area contributed by atoms with Gasteiger partial charge >= 0.3 is 0 Å². The van der Waals surface area contributed by atoms with Crippen molar-refractivity contribution < 1.29 is 9.50 Å². The number of anilines is 1. The normalized spacial score (nSPS) is 20.9. The first-order chi connectivity index (χ1) is 9.08. The van der Waals surface area contributed by atoms with Gasteiger partial charge in [-0.15, -0.1) is 0 Å². The fraction of sp³-hybridized carbons (Fsp3) is 0.600. The fourth-order valence-corrected chi connectivity index (χ4v) is 2.78. The average Bonchev–Trinajstić information content (AvgIpc) is 2.88. The molecule has 0 amide bonds. The molecule has 1 heterocycles. The molecule has 4 heteroatoms. The third-order valence-corrected chi connectivity index (χ3v) is 4.10. The number of nitrogens with one attached hydrogen (secondary N) is 1. The quantitative estimate of drug-likeness (QED) is 0.878. The average molecular weight is 266 g/mol. The van der Waals surface area contributed by atoms with Gasteiger partial charge in [-0.3, -0.25) is 0 Å². The first kappa shape index (κ1) is 14.3. The molecule has 3 nitrogen and oxygen atoms in total. The van der Waals surface area contributed by atoms with Crippen molar-refractivity contribution in [2.45, 2.75) is 38.8 Å². The highest BCUT2D eigenvalue weighted by Crippen LogP contribution is 2.33. The number of hydrogen-bond donors (Lipinski definition) is 2. The van der Waals surface area contributed by atoms with E-state index in [1.54, 1.807) is 13.0 Å². The van der Waals surface area contributed by atoms with Crippen molar-refractivity contribution in [3.8, 4) is 0 Å². The molecular weight excluding hydrogens is 243 g/mol. The minimum Gasteiger partial charge on any atom is -0.394 e. The van der Waals surface area contributed by atoms with Crippen molar-refractivity contribution in [2.75, 3.05) is 25.1 Å². The van der Waals surface area contributed by atoms with Gasteiger partial charge in [0.15, 0.2) is 0 Å². The molecule has 0 saturated carbocycles. The standard InChI is InChI=1S/C15H23FN2O/c1-10-7-15(18-6-4-5-12(18)9-19)13(8-14(10)16)11(2)17-3/h7-8,11-12,17,19H,4-6,9H2,1-3H3. The Kier molecular flexibility index (Phi) is 4.42. The molecular formula is C15H23FN2O. The molecule has 1 fully saturated rings. The summed E-state index contributed by atoms with van der Waals surface area (Å²) in [4.78, 5) is 2.22. The first-order valence-electron chi connectivity index (χ1n) is 6.93. The Morgan fingerprint density at radius 1 is 1.53 bits per heavy atom. The molecule has 2 rings (SSSR count). The van der Waals surface area contributed by atoms with E-state index in [1.807, 2.05) is 20.0 Å². The molecule has 106 valence electrons. The molecule has 0 aliphatic carbocycles. The molecule has 0 aromatic heterocycles. The second-order valence-corrected chi connectivity index (χ2v) is 5.34. The summed E-state index contributed by atoms with van der Waals surface area (Å²) in [7, 11) is 1.87. The maximum Gasteiger partial charge on any atom is 0.126 e. The van der Waals surface area contributed by atoms with Crippen LogP contribution in [0.25, 0.3) is 0 Å². The molecule has 2 unspecified atom stereocenters. The number of aliphatic hydroxyl groups is 1. The molecule has 1 aromatic rings. The van der Waals surface area contributed by atoms with Crippen molar-refractivity contribution in [1.29, 1.82) is 0 Å². The number of rotatable bonds is 4. The van der Waals surface area contributed by atoms with E-state index in [0.717, 1.165) is 30.6 Å². The van der Waals surface area contributed by atoms with E-state index in [0.29, 0.717) is 5.56 Å². The molecule has 1 saturated heterocycles. The van der Waals surface area contributed by atoms with Crippen LogP contribution in [-0.2, 0) is 0 Å². The lowest BCUT2D eigenvalue weighted by molar-refractivity contribution is 0.266. The number of aryl methyl sites for hydroxylation is 1. The summed E-state index contributed by atoms with van der Waals surface area (Å²) in [6, 6.07) is 3.78. The summed E-state index contributed by atoms with van der Waals surface area (Å²) in [6.45, 7) is 4.90. The Bertz CT molecular complexity index is 450. The molecule has 19 heavy (non-hydrogen) atoms. The van der Waals surface area contributed by atoms with Crippen molar-refractivity contribution >= 4 is 5.69 Å². The molecule has 1 aromatic carbocycles. The molecule has 0 radical (unpaired) electrons. The third kappa shape index (κ3) is 2.74. The Morgan fingerprint density at radius 3 is 2.89 bits per heavy atom. The molecule has 0 spiro atoms. The second-order valence-electron chi connectivity index (χ2n) is 5.34. The second kappa shape index (κ2) is 5.88. The van der Waals surface area contributed by atoms with E-state index < -0.39 is 0 Å². The van der Waals surface area contributed by atoms with Gasteiger partial charge in [0, 0.05) is 18.3 Å². The van der Waals surface area contributed by atoms with E-state index in [4.69, 9.17) is 0 Å². The summed E-state index contributed by atoms with van der Waals surface area (Å²) >= 11 is 0. The van der Waals surface area contributed by atoms with Gasteiger partial charge in [0.25, 0.3) is 0 Å². The van der Waals surface area contributed by atoms with Crippen LogP contribution < -0.4 is 10.2 Å². The Morgan fingerprint density at radius 2 is 2.26 bits per heavy atom. The maximum absolute atomic E-state index is 13.8. The van der Waals surface area contributed by atoms with Crippen molar-refractivity contribution in [3.05, 3.63) is 29.1 Å². The van der Waals surface area contributed by atoms with Crippen LogP contribution in [0, 0.1) is 12.7 Å². The smallest absolute Gasteiger partial charge is 0.126 e. The zero-order chi connectivity index (χ0) is 14.0. The third-order valence-electron chi connectivity index (χ3n) is 4.10. The molecule has 2 N–H and O–H groups in total. The van der Waals surface area contributed by atoms with E-state index in [-0.39, 0.29) is 24.5 Å². The van der Waals surface area contributed by atoms with Crippen LogP contribution >= 0.6 is 0 Å². The molecule has 2 atom stereocenters. The number of benzene rings is 1. The van der Waals surface area contributed by atoms with Crippen molar-refractivity contribution in [3.63, 3.8) is 0 Å². The van der Waals surface area contributed by atoms with Crippen LogP contribution in [0.5, 0.6) is 0 Å². The number of aliphatic hydroxyl groups excluding tert-OH is 1. The highest BCUT2D eigenvalue weighted by atomic mass is 19.1. The lowest BCUT2D eigenvalue weighted by Crippen LogP contribution is -2.33. The zero-order valence-electron chi connectivity index (χ0n) is 11.9. The molecule has 1 aliphatic heterocycles. The number of hydrogen-bond acceptors (Lipinski definition) is 3. The monoisotopic (exact) mass is 266 g/mol. The SMILES string of the molecule is CNC(C)c1cc(F)c(C)cc1N1CCCC1CO. The first-order valence-corrected chi connectivity index (χ1v) is 6.93. The van der Waals surface area contributed by atoms with Crippen molar-refractivity contribution in [2.24, 2.45) is 0 Å². The van der Waals surface area contributed by atoms with E-state index in [2.05, 4.69) is 10.2 Å². The fourth-order valence-electron chi connectivity index (χ4n) is 2.78. The van der Waals surface area contributed by atoms with Gasteiger partial charge in [0.1, 0.15) is 5.82 Å². The van der Waals surface area contributed by atoms with Gasteiger partial charge in [-0.25, -0.2) is 4.39 Å². The zero-order valence-corrected chi connectivity index (χ0v) is 11.9. The summed E-state index contributed by atoms with van der Waals surface area (Å²) < 4.78 is 13.8. The van der Waals surface area contributed by atoms with Gasteiger partial charge in [0.05, 0.1) is 12.6 Å². The highest BCUT2D eigenvalue weighted by Gasteiger charge is 2.27. The minimum atomic E-state index is -0.166. The van der Waals surface area contributed by atoms with E-state index >= 15 is 0 Å². The topological polar surface area (TPSA) is 35.5 Å². The summed E-state index contributed by atoms with van der Waals surface area (Å²) in [5.74, 6) is -0.166. The van der Waals surface area contributed by atoms with Gasteiger partial charge in [-0.2, -0.15) is 0 Å². The number of halogens is 1. The predicted octanol–water partition coefficient (Wildman–Crippen LogP) is 2.38. The Labute approximate surface area is 114 Å². The summed E-state index contributed by atoms with van der Waals surface area (Å²) in [6.07, 6.45) is 2.08. The van der Waals surface area contributed by atoms with E-state index in [1.165, 1.54) is 0 Å². The number of nitrogens with zero attached hydrogens (tertiary/aromatic N) is 1. The predicted molar refractivity (Wildman–Crippen MR) is 76.1 cm³/mol. The molecule has 1 aliphatic rings. The highest BCUT2D eigenvalue weighted by molar-refractivity contribution is 5.58. The van der Waals surface area contributed by atoms with Gasteiger partial charge in [0.2, 0.25) is 0 Å². The van der Waals surface area contributed by atoms with Crippen LogP contribution in [-0.4, -0.2) is 31.3 Å². The van der Waals surface area contributed by atoms with Crippen LogP contribution in [0.1, 0.15) is 36.9 Å². The van der Waals surface area contributed by atoms with Crippen molar-refractivity contribution in [1.82, 2.24) is 5.32 Å². The minimum absolute atomic E-state index is 0.0880. The van der Waals surface area contributed by atoms with Crippen LogP contribution in [0.4, 0.5) is 10.1 Å². The Balaban J connectivity index is 2.45. The maximum atomic E-state index is 13.8. The van der Waals surface area contributed by atoms with Gasteiger partial charge in [-0.05, 0) is 57.0 Å². The van der Waals surface area contributed by atoms with Gasteiger partial charge in [-0.1, -0.05) is 0 Å². The molecule has 0 bridgehead atoms. The summed E-state index contributed by atoms with van der Waals surface area (Å²) in [5.41, 5.74) is 2.67. The van der Waals surface area contributed by atoms with Crippen LogP contribution in [0.3, 0.4) is 0 Å². The lowest BCUT2D eigenvalue weighted by atomic mass is 10.0. The summed E-state index contributed by atoms with van der Waals surface area (Å²) in [5, 5.41) is 12.6. The van der Waals surface area contributed by atoms with Crippen LogP contribution in [0.15, 0.2) is 12.1 Å².